The van der Waals surface area contributed by atoms with Crippen molar-refractivity contribution in [3.63, 3.8) is 0 Å². The second kappa shape index (κ2) is 7.88. The van der Waals surface area contributed by atoms with Crippen molar-refractivity contribution in [1.29, 1.82) is 0 Å². The van der Waals surface area contributed by atoms with Crippen LogP contribution in [0.5, 0.6) is 0 Å². The molecule has 2 fully saturated rings. The van der Waals surface area contributed by atoms with Gasteiger partial charge in [-0.3, -0.25) is 9.36 Å². The zero-order valence-electron chi connectivity index (χ0n) is 14.5. The van der Waals surface area contributed by atoms with Crippen LogP contribution in [0.1, 0.15) is 37.3 Å². The normalized spacial score (nSPS) is 16.9. The van der Waals surface area contributed by atoms with Crippen LogP contribution in [0, 0.1) is 0 Å². The number of hydrogen-bond donors (Lipinski definition) is 1. The van der Waals surface area contributed by atoms with Gasteiger partial charge in [-0.2, -0.15) is 0 Å². The minimum absolute atomic E-state index is 0.0111. The number of carbonyl (C=O) groups excluding carboxylic acids is 1. The largest absolute Gasteiger partial charge is 0.351 e. The molecule has 138 valence electrons. The van der Waals surface area contributed by atoms with Gasteiger partial charge < -0.3 is 10.2 Å². The maximum atomic E-state index is 12.2. The summed E-state index contributed by atoms with van der Waals surface area (Å²) in [5.74, 6) is 1.31. The zero-order valence-corrected chi connectivity index (χ0v) is 16.1. The summed E-state index contributed by atoms with van der Waals surface area (Å²) in [6.45, 7) is 2.58. The SMILES string of the molecule is O=C(CSc1nnc(N2CCCC2)n1C1CC1)NCc1cccc(Cl)c1. The van der Waals surface area contributed by atoms with Gasteiger partial charge in [0.1, 0.15) is 0 Å². The van der Waals surface area contributed by atoms with E-state index in [1.165, 1.54) is 37.4 Å². The Morgan fingerprint density at radius 1 is 1.27 bits per heavy atom. The smallest absolute Gasteiger partial charge is 0.230 e. The second-order valence-electron chi connectivity index (χ2n) is 6.77. The number of carbonyl (C=O) groups is 1. The Morgan fingerprint density at radius 3 is 2.81 bits per heavy atom. The Balaban J connectivity index is 1.34. The molecule has 1 N–H and O–H groups in total. The predicted molar refractivity (Wildman–Crippen MR) is 104 cm³/mol. The molecule has 6 nitrogen and oxygen atoms in total. The lowest BCUT2D eigenvalue weighted by atomic mass is 10.2. The van der Waals surface area contributed by atoms with Gasteiger partial charge in [0.2, 0.25) is 11.9 Å². The Labute approximate surface area is 162 Å². The molecule has 1 aliphatic carbocycles. The lowest BCUT2D eigenvalue weighted by molar-refractivity contribution is -0.118. The number of aromatic nitrogens is 3. The first kappa shape index (κ1) is 17.7. The number of hydrogen-bond acceptors (Lipinski definition) is 5. The number of nitrogens with zero attached hydrogens (tertiary/aromatic N) is 4. The van der Waals surface area contributed by atoms with Crippen LogP contribution >= 0.6 is 23.4 Å². The number of benzene rings is 1. The number of anilines is 1. The molecule has 2 heterocycles. The molecule has 1 aliphatic heterocycles. The predicted octanol–water partition coefficient (Wildman–Crippen LogP) is 3.28. The number of nitrogens with one attached hydrogen (secondary N) is 1. The van der Waals surface area contributed by atoms with Crippen LogP contribution in [-0.4, -0.2) is 39.5 Å². The molecule has 0 radical (unpaired) electrons. The van der Waals surface area contributed by atoms with E-state index in [4.69, 9.17) is 11.6 Å². The summed E-state index contributed by atoms with van der Waals surface area (Å²) in [6, 6.07) is 8.02. The van der Waals surface area contributed by atoms with E-state index in [1.54, 1.807) is 0 Å². The van der Waals surface area contributed by atoms with Crippen LogP contribution in [0.15, 0.2) is 29.4 Å². The van der Waals surface area contributed by atoms with Crippen LogP contribution in [0.3, 0.4) is 0 Å². The van der Waals surface area contributed by atoms with E-state index in [2.05, 4.69) is 25.0 Å². The Bertz CT molecular complexity index is 786. The van der Waals surface area contributed by atoms with E-state index in [1.807, 2.05) is 24.3 Å². The third kappa shape index (κ3) is 4.15. The van der Waals surface area contributed by atoms with E-state index < -0.39 is 0 Å². The van der Waals surface area contributed by atoms with E-state index >= 15 is 0 Å². The van der Waals surface area contributed by atoms with Crippen molar-refractivity contribution in [2.45, 2.75) is 43.4 Å². The molecule has 0 unspecified atom stereocenters. The fraction of sp³-hybridized carbons (Fsp3) is 0.500. The van der Waals surface area contributed by atoms with Gasteiger partial charge in [0.15, 0.2) is 5.16 Å². The molecule has 1 saturated carbocycles. The summed E-state index contributed by atoms with van der Waals surface area (Å²) < 4.78 is 2.24. The molecule has 1 saturated heterocycles. The van der Waals surface area contributed by atoms with Crippen molar-refractivity contribution in [2.75, 3.05) is 23.7 Å². The van der Waals surface area contributed by atoms with Gasteiger partial charge >= 0.3 is 0 Å². The van der Waals surface area contributed by atoms with Gasteiger partial charge in [-0.1, -0.05) is 35.5 Å². The van der Waals surface area contributed by atoms with E-state index in [9.17, 15) is 4.79 Å². The van der Waals surface area contributed by atoms with Gasteiger partial charge in [-0.15, -0.1) is 10.2 Å². The Morgan fingerprint density at radius 2 is 2.08 bits per heavy atom. The van der Waals surface area contributed by atoms with Gasteiger partial charge in [-0.05, 0) is 43.4 Å². The van der Waals surface area contributed by atoms with Crippen molar-refractivity contribution in [3.8, 4) is 0 Å². The van der Waals surface area contributed by atoms with Crippen molar-refractivity contribution < 1.29 is 4.79 Å². The number of halogens is 1. The van der Waals surface area contributed by atoms with Gasteiger partial charge in [0.25, 0.3) is 0 Å². The highest BCUT2D eigenvalue weighted by Gasteiger charge is 2.32. The minimum atomic E-state index is -0.0111. The summed E-state index contributed by atoms with van der Waals surface area (Å²) in [6.07, 6.45) is 4.78. The van der Waals surface area contributed by atoms with Gasteiger partial charge in [0.05, 0.1) is 5.75 Å². The fourth-order valence-electron chi connectivity index (χ4n) is 3.18. The molecule has 1 amide bonds. The molecule has 2 aromatic rings. The third-order valence-electron chi connectivity index (χ3n) is 4.66. The Hall–Kier alpha value is -1.73. The molecule has 8 heteroatoms. The summed E-state index contributed by atoms with van der Waals surface area (Å²) in [4.78, 5) is 14.5. The van der Waals surface area contributed by atoms with Gasteiger partial charge in [-0.25, -0.2) is 0 Å². The standard InChI is InChI=1S/C18H22ClN5OS/c19-14-5-3-4-13(10-14)11-20-16(25)12-26-18-22-21-17(23-8-1-2-9-23)24(18)15-6-7-15/h3-5,10,15H,1-2,6-9,11-12H2,(H,20,25). The molecule has 0 spiro atoms. The fourth-order valence-corrected chi connectivity index (χ4v) is 4.22. The molecule has 4 rings (SSSR count). The lowest BCUT2D eigenvalue weighted by Crippen LogP contribution is -2.25. The lowest BCUT2D eigenvalue weighted by Gasteiger charge is -2.17. The summed E-state index contributed by atoms with van der Waals surface area (Å²) in [7, 11) is 0. The van der Waals surface area contributed by atoms with Crippen LogP contribution in [0.4, 0.5) is 5.95 Å². The van der Waals surface area contributed by atoms with Crippen molar-refractivity contribution in [3.05, 3.63) is 34.9 Å². The van der Waals surface area contributed by atoms with Crippen LogP contribution in [0.2, 0.25) is 5.02 Å². The molecule has 1 aromatic heterocycles. The van der Waals surface area contributed by atoms with Crippen molar-refractivity contribution in [1.82, 2.24) is 20.1 Å². The zero-order chi connectivity index (χ0) is 17.9. The van der Waals surface area contributed by atoms with Crippen molar-refractivity contribution in [2.24, 2.45) is 0 Å². The first-order chi connectivity index (χ1) is 12.7. The summed E-state index contributed by atoms with van der Waals surface area (Å²) in [5, 5.41) is 13.2. The first-order valence-corrected chi connectivity index (χ1v) is 10.4. The Kier molecular flexibility index (Phi) is 5.36. The highest BCUT2D eigenvalue weighted by atomic mass is 35.5. The van der Waals surface area contributed by atoms with Crippen LogP contribution in [0.25, 0.3) is 0 Å². The molecule has 2 aliphatic rings. The minimum Gasteiger partial charge on any atom is -0.351 e. The molecular weight excluding hydrogens is 370 g/mol. The average Bonchev–Trinajstić information content (AvgIpc) is 3.16. The van der Waals surface area contributed by atoms with Crippen LogP contribution in [-0.2, 0) is 11.3 Å². The van der Waals surface area contributed by atoms with Crippen LogP contribution < -0.4 is 10.2 Å². The van der Waals surface area contributed by atoms with Gasteiger partial charge in [0, 0.05) is 30.7 Å². The maximum absolute atomic E-state index is 12.2. The molecule has 26 heavy (non-hydrogen) atoms. The maximum Gasteiger partial charge on any atom is 0.230 e. The highest BCUT2D eigenvalue weighted by Crippen LogP contribution is 2.41. The number of rotatable bonds is 7. The van der Waals surface area contributed by atoms with E-state index in [0.717, 1.165) is 29.8 Å². The molecule has 0 atom stereocenters. The summed E-state index contributed by atoms with van der Waals surface area (Å²) in [5.41, 5.74) is 0.994. The molecule has 0 bridgehead atoms. The topological polar surface area (TPSA) is 63.1 Å². The van der Waals surface area contributed by atoms with Crippen molar-refractivity contribution >= 4 is 35.2 Å². The summed E-state index contributed by atoms with van der Waals surface area (Å²) >= 11 is 7.44. The monoisotopic (exact) mass is 391 g/mol. The number of thioether (sulfide) groups is 1. The molecular formula is C18H22ClN5OS. The highest BCUT2D eigenvalue weighted by molar-refractivity contribution is 7.99. The van der Waals surface area contributed by atoms with E-state index in [-0.39, 0.29) is 5.91 Å². The first-order valence-electron chi connectivity index (χ1n) is 9.04. The second-order valence-corrected chi connectivity index (χ2v) is 8.15. The number of amides is 1. The quantitative estimate of drug-likeness (QED) is 0.734. The van der Waals surface area contributed by atoms with E-state index in [0.29, 0.717) is 23.4 Å². The average molecular weight is 392 g/mol. The molecule has 1 aromatic carbocycles. The third-order valence-corrected chi connectivity index (χ3v) is 5.84.